The summed E-state index contributed by atoms with van der Waals surface area (Å²) in [5.74, 6) is -0.724. The minimum atomic E-state index is -0.724. The minimum absolute atomic E-state index is 0.339. The van der Waals surface area contributed by atoms with Crippen molar-refractivity contribution in [2.75, 3.05) is 27.2 Å². The number of nitrogens with one attached hydrogen (secondary N) is 1. The third-order valence-electron chi connectivity index (χ3n) is 3.21. The highest BCUT2D eigenvalue weighted by molar-refractivity contribution is 5.73. The third-order valence-corrected chi connectivity index (χ3v) is 3.21. The van der Waals surface area contributed by atoms with Crippen LogP contribution in [0, 0.1) is 0 Å². The maximum atomic E-state index is 10.7. The Balaban J connectivity index is 2.54. The second-order valence-electron chi connectivity index (χ2n) is 4.28. The van der Waals surface area contributed by atoms with Gasteiger partial charge in [0.2, 0.25) is 0 Å². The zero-order valence-corrected chi connectivity index (χ0v) is 8.58. The number of nitrogens with zero attached hydrogens (tertiary/aromatic N) is 1. The van der Waals surface area contributed by atoms with E-state index in [1.807, 2.05) is 0 Å². The van der Waals surface area contributed by atoms with Crippen LogP contribution in [0.1, 0.15) is 13.3 Å². The van der Waals surface area contributed by atoms with Crippen LogP contribution in [0.3, 0.4) is 0 Å². The number of likely N-dealkylation sites (N-methyl/N-ethyl adjacent to an activating group) is 1. The van der Waals surface area contributed by atoms with Crippen LogP contribution in [0.15, 0.2) is 0 Å². The van der Waals surface area contributed by atoms with Crippen LogP contribution >= 0.6 is 0 Å². The fourth-order valence-electron chi connectivity index (χ4n) is 1.70. The standard InChI is InChI=1S/C9H18N2O2/c1-4-11(2,3)7-5-8(9(12)13)10-6-7/h7-8,10H,4-6H2,1-3H3/p+1. The molecule has 2 unspecified atom stereocenters. The highest BCUT2D eigenvalue weighted by Crippen LogP contribution is 2.17. The molecule has 1 fully saturated rings. The molecule has 0 bridgehead atoms. The van der Waals surface area contributed by atoms with Crippen LogP contribution in [-0.2, 0) is 4.79 Å². The highest BCUT2D eigenvalue weighted by Gasteiger charge is 2.37. The molecule has 0 saturated carbocycles. The first-order chi connectivity index (χ1) is 5.97. The maximum absolute atomic E-state index is 10.7. The van der Waals surface area contributed by atoms with Crippen molar-refractivity contribution in [1.29, 1.82) is 0 Å². The first-order valence-corrected chi connectivity index (χ1v) is 4.76. The summed E-state index contributed by atoms with van der Waals surface area (Å²) >= 11 is 0. The number of hydrogen-bond acceptors (Lipinski definition) is 2. The minimum Gasteiger partial charge on any atom is -0.480 e. The van der Waals surface area contributed by atoms with Gasteiger partial charge in [-0.3, -0.25) is 10.1 Å². The molecule has 1 rings (SSSR count). The van der Waals surface area contributed by atoms with Gasteiger partial charge in [-0.2, -0.15) is 0 Å². The number of carboxylic acids is 1. The van der Waals surface area contributed by atoms with E-state index in [-0.39, 0.29) is 6.04 Å². The van der Waals surface area contributed by atoms with Crippen molar-refractivity contribution in [1.82, 2.24) is 5.32 Å². The molecule has 0 aromatic rings. The number of rotatable bonds is 3. The van der Waals surface area contributed by atoms with Crippen LogP contribution in [0.25, 0.3) is 0 Å². The predicted octanol–water partition coefficient (Wildman–Crippen LogP) is -0.102. The second-order valence-corrected chi connectivity index (χ2v) is 4.28. The van der Waals surface area contributed by atoms with E-state index in [0.717, 1.165) is 24.0 Å². The average molecular weight is 187 g/mol. The third kappa shape index (κ3) is 2.19. The predicted molar refractivity (Wildman–Crippen MR) is 50.5 cm³/mol. The summed E-state index contributed by atoms with van der Waals surface area (Å²) < 4.78 is 0.900. The molecule has 1 aliphatic heterocycles. The Morgan fingerprint density at radius 2 is 2.23 bits per heavy atom. The Labute approximate surface area is 79.1 Å². The molecule has 1 heterocycles. The number of aliphatic carboxylic acids is 1. The summed E-state index contributed by atoms with van der Waals surface area (Å²) in [6, 6.07) is 0.0973. The second kappa shape index (κ2) is 3.64. The van der Waals surface area contributed by atoms with Crippen molar-refractivity contribution >= 4 is 5.97 Å². The summed E-state index contributed by atoms with van der Waals surface area (Å²) in [5.41, 5.74) is 0. The van der Waals surface area contributed by atoms with Gasteiger partial charge in [0.15, 0.2) is 0 Å². The van der Waals surface area contributed by atoms with Gasteiger partial charge in [-0.1, -0.05) is 0 Å². The van der Waals surface area contributed by atoms with Gasteiger partial charge in [0, 0.05) is 13.0 Å². The molecule has 13 heavy (non-hydrogen) atoms. The van der Waals surface area contributed by atoms with Crippen LogP contribution in [0.5, 0.6) is 0 Å². The molecule has 4 nitrogen and oxygen atoms in total. The Morgan fingerprint density at radius 3 is 2.62 bits per heavy atom. The summed E-state index contributed by atoms with van der Waals surface area (Å²) in [5, 5.41) is 11.8. The maximum Gasteiger partial charge on any atom is 0.320 e. The summed E-state index contributed by atoms with van der Waals surface area (Å²) in [4.78, 5) is 10.7. The van der Waals surface area contributed by atoms with E-state index in [1.54, 1.807) is 0 Å². The molecule has 1 aliphatic rings. The quantitative estimate of drug-likeness (QED) is 0.606. The number of quaternary nitrogens is 1. The molecule has 0 aliphatic carbocycles. The Hall–Kier alpha value is -0.610. The lowest BCUT2D eigenvalue weighted by Crippen LogP contribution is -2.49. The van der Waals surface area contributed by atoms with Gasteiger partial charge in [-0.15, -0.1) is 0 Å². The van der Waals surface area contributed by atoms with Crippen LogP contribution in [-0.4, -0.2) is 54.8 Å². The monoisotopic (exact) mass is 187 g/mol. The molecule has 1 saturated heterocycles. The van der Waals surface area contributed by atoms with E-state index in [1.165, 1.54) is 0 Å². The van der Waals surface area contributed by atoms with E-state index < -0.39 is 5.97 Å². The lowest BCUT2D eigenvalue weighted by atomic mass is 10.1. The first kappa shape index (κ1) is 10.5. The van der Waals surface area contributed by atoms with Gasteiger partial charge in [0.05, 0.1) is 20.6 Å². The van der Waals surface area contributed by atoms with E-state index in [9.17, 15) is 4.79 Å². The fraction of sp³-hybridized carbons (Fsp3) is 0.889. The molecule has 2 N–H and O–H groups in total. The molecule has 0 amide bonds. The summed E-state index contributed by atoms with van der Waals surface area (Å²) in [6.07, 6.45) is 0.746. The topological polar surface area (TPSA) is 49.3 Å². The number of carboxylic acid groups (broad SMARTS) is 1. The van der Waals surface area contributed by atoms with Gasteiger partial charge >= 0.3 is 5.97 Å². The van der Waals surface area contributed by atoms with E-state index in [2.05, 4.69) is 26.3 Å². The molecule has 0 aromatic heterocycles. The lowest BCUT2D eigenvalue weighted by molar-refractivity contribution is -0.911. The van der Waals surface area contributed by atoms with Crippen molar-refractivity contribution in [3.05, 3.63) is 0 Å². The molecule has 4 heteroatoms. The van der Waals surface area contributed by atoms with E-state index in [0.29, 0.717) is 6.04 Å². The molecular weight excluding hydrogens is 168 g/mol. The van der Waals surface area contributed by atoms with Crippen molar-refractivity contribution < 1.29 is 14.4 Å². The van der Waals surface area contributed by atoms with Crippen LogP contribution < -0.4 is 5.32 Å². The van der Waals surface area contributed by atoms with Gasteiger partial charge in [-0.05, 0) is 6.92 Å². The molecule has 76 valence electrons. The molecule has 2 atom stereocenters. The number of carbonyl (C=O) groups is 1. The SMILES string of the molecule is CC[N+](C)(C)C1CNC(C(=O)O)C1. The molecule has 0 spiro atoms. The van der Waals surface area contributed by atoms with Crippen molar-refractivity contribution in [2.45, 2.75) is 25.4 Å². The first-order valence-electron chi connectivity index (χ1n) is 4.76. The molecule has 0 aromatic carbocycles. The smallest absolute Gasteiger partial charge is 0.320 e. The van der Waals surface area contributed by atoms with Gasteiger partial charge in [-0.25, -0.2) is 0 Å². The summed E-state index contributed by atoms with van der Waals surface area (Å²) in [6.45, 7) is 3.99. The van der Waals surface area contributed by atoms with Crippen molar-refractivity contribution in [3.8, 4) is 0 Å². The normalized spacial score (nSPS) is 29.2. The van der Waals surface area contributed by atoms with Crippen LogP contribution in [0.4, 0.5) is 0 Å². The Morgan fingerprint density at radius 1 is 1.62 bits per heavy atom. The van der Waals surface area contributed by atoms with Crippen molar-refractivity contribution in [2.24, 2.45) is 0 Å². The zero-order valence-electron chi connectivity index (χ0n) is 8.58. The largest absolute Gasteiger partial charge is 0.480 e. The molecule has 0 radical (unpaired) electrons. The van der Waals surface area contributed by atoms with Gasteiger partial charge in [0.1, 0.15) is 12.1 Å². The lowest BCUT2D eigenvalue weighted by Gasteiger charge is -2.34. The zero-order chi connectivity index (χ0) is 10.1. The Bertz CT molecular complexity index is 204. The number of hydrogen-bond donors (Lipinski definition) is 2. The van der Waals surface area contributed by atoms with Gasteiger partial charge < -0.3 is 9.59 Å². The molecular formula is C9H19N2O2+. The van der Waals surface area contributed by atoms with E-state index in [4.69, 9.17) is 5.11 Å². The highest BCUT2D eigenvalue weighted by atomic mass is 16.4. The average Bonchev–Trinajstić information content (AvgIpc) is 2.52. The Kier molecular flexibility index (Phi) is 2.93. The summed E-state index contributed by atoms with van der Waals surface area (Å²) in [7, 11) is 4.30. The van der Waals surface area contributed by atoms with E-state index >= 15 is 0 Å². The van der Waals surface area contributed by atoms with Crippen LogP contribution in [0.2, 0.25) is 0 Å². The van der Waals surface area contributed by atoms with Crippen molar-refractivity contribution in [3.63, 3.8) is 0 Å². The fourth-order valence-corrected chi connectivity index (χ4v) is 1.70. The van der Waals surface area contributed by atoms with Gasteiger partial charge in [0.25, 0.3) is 0 Å².